The Bertz CT molecular complexity index is 272. The van der Waals surface area contributed by atoms with Crippen LogP contribution >= 0.6 is 0 Å². The summed E-state index contributed by atoms with van der Waals surface area (Å²) < 4.78 is 0. The highest BCUT2D eigenvalue weighted by Crippen LogP contribution is 2.21. The lowest BCUT2D eigenvalue weighted by Crippen LogP contribution is -2.32. The maximum absolute atomic E-state index is 6.01. The maximum Gasteiger partial charge on any atom is 0.0451 e. The number of benzene rings is 1. The van der Waals surface area contributed by atoms with Gasteiger partial charge in [-0.2, -0.15) is 0 Å². The summed E-state index contributed by atoms with van der Waals surface area (Å²) in [5, 5.41) is 0. The Morgan fingerprint density at radius 2 is 1.54 bits per heavy atom. The van der Waals surface area contributed by atoms with Crippen LogP contribution in [-0.4, -0.2) is 6.04 Å². The first-order valence-electron chi connectivity index (χ1n) is 4.61. The molecule has 0 amide bonds. The normalized spacial score (nSPS) is 15.5. The van der Waals surface area contributed by atoms with Crippen LogP contribution in [0.2, 0.25) is 0 Å². The van der Waals surface area contributed by atoms with Gasteiger partial charge >= 0.3 is 0 Å². The molecule has 1 aromatic carbocycles. The largest absolute Gasteiger partial charge is 0.326 e. The summed E-state index contributed by atoms with van der Waals surface area (Å²) in [6, 6.07) is 6.14. The lowest BCUT2D eigenvalue weighted by Gasteiger charge is -2.20. The van der Waals surface area contributed by atoms with Crippen LogP contribution in [0, 0.1) is 13.8 Å². The molecule has 0 aromatic heterocycles. The van der Waals surface area contributed by atoms with Crippen LogP contribution < -0.4 is 11.5 Å². The van der Waals surface area contributed by atoms with E-state index in [1.165, 1.54) is 16.7 Å². The number of hydrogen-bond acceptors (Lipinski definition) is 2. The van der Waals surface area contributed by atoms with E-state index in [-0.39, 0.29) is 12.1 Å². The molecule has 13 heavy (non-hydrogen) atoms. The molecule has 0 bridgehead atoms. The van der Waals surface area contributed by atoms with Crippen molar-refractivity contribution in [3.8, 4) is 0 Å². The van der Waals surface area contributed by atoms with Gasteiger partial charge in [0.15, 0.2) is 0 Å². The van der Waals surface area contributed by atoms with Gasteiger partial charge in [-0.05, 0) is 37.5 Å². The summed E-state index contributed by atoms with van der Waals surface area (Å²) in [7, 11) is 0. The summed E-state index contributed by atoms with van der Waals surface area (Å²) in [5.74, 6) is 0. The van der Waals surface area contributed by atoms with E-state index in [2.05, 4.69) is 26.0 Å². The van der Waals surface area contributed by atoms with E-state index in [0.29, 0.717) is 0 Å². The SMILES string of the molecule is Cc1cccc(C)c1C(N)C(C)N. The van der Waals surface area contributed by atoms with Crippen molar-refractivity contribution in [3.05, 3.63) is 34.9 Å². The first-order chi connectivity index (χ1) is 6.04. The summed E-state index contributed by atoms with van der Waals surface area (Å²) in [5.41, 5.74) is 15.4. The molecule has 0 aliphatic rings. The minimum atomic E-state index is -0.0544. The summed E-state index contributed by atoms with van der Waals surface area (Å²) in [6.07, 6.45) is 0. The van der Waals surface area contributed by atoms with E-state index >= 15 is 0 Å². The van der Waals surface area contributed by atoms with Gasteiger partial charge in [0.1, 0.15) is 0 Å². The molecule has 4 N–H and O–H groups in total. The lowest BCUT2D eigenvalue weighted by molar-refractivity contribution is 0.583. The van der Waals surface area contributed by atoms with E-state index < -0.39 is 0 Å². The standard InChI is InChI=1S/C11H18N2/c1-7-5-4-6-8(2)10(7)11(13)9(3)12/h4-6,9,11H,12-13H2,1-3H3. The van der Waals surface area contributed by atoms with E-state index in [4.69, 9.17) is 11.5 Å². The highest BCUT2D eigenvalue weighted by molar-refractivity contribution is 5.36. The first kappa shape index (κ1) is 10.2. The zero-order valence-electron chi connectivity index (χ0n) is 8.54. The molecule has 0 aliphatic carbocycles. The van der Waals surface area contributed by atoms with Gasteiger partial charge in [0, 0.05) is 12.1 Å². The van der Waals surface area contributed by atoms with Gasteiger partial charge < -0.3 is 11.5 Å². The van der Waals surface area contributed by atoms with Crippen LogP contribution in [0.1, 0.15) is 29.7 Å². The molecule has 0 spiro atoms. The number of aryl methyl sites for hydroxylation is 2. The molecular formula is C11H18N2. The maximum atomic E-state index is 6.01. The summed E-state index contributed by atoms with van der Waals surface area (Å²) in [4.78, 5) is 0. The minimum absolute atomic E-state index is 0.000185. The van der Waals surface area contributed by atoms with Gasteiger partial charge in [-0.25, -0.2) is 0 Å². The van der Waals surface area contributed by atoms with Gasteiger partial charge in [0.05, 0.1) is 0 Å². The molecule has 0 saturated heterocycles. The van der Waals surface area contributed by atoms with E-state index in [9.17, 15) is 0 Å². The number of nitrogens with two attached hydrogens (primary N) is 2. The van der Waals surface area contributed by atoms with Crippen molar-refractivity contribution < 1.29 is 0 Å². The van der Waals surface area contributed by atoms with E-state index in [0.717, 1.165) is 0 Å². The molecule has 72 valence electrons. The molecule has 2 heteroatoms. The Labute approximate surface area is 79.9 Å². The zero-order valence-corrected chi connectivity index (χ0v) is 8.54. The highest BCUT2D eigenvalue weighted by atomic mass is 14.8. The van der Waals surface area contributed by atoms with Crippen LogP contribution in [0.5, 0.6) is 0 Å². The van der Waals surface area contributed by atoms with Crippen LogP contribution in [-0.2, 0) is 0 Å². The van der Waals surface area contributed by atoms with Crippen LogP contribution in [0.3, 0.4) is 0 Å². The fraction of sp³-hybridized carbons (Fsp3) is 0.455. The van der Waals surface area contributed by atoms with Gasteiger partial charge in [-0.1, -0.05) is 18.2 Å². The van der Waals surface area contributed by atoms with Crippen molar-refractivity contribution in [2.24, 2.45) is 11.5 Å². The molecule has 0 heterocycles. The highest BCUT2D eigenvalue weighted by Gasteiger charge is 2.14. The smallest absolute Gasteiger partial charge is 0.0451 e. The second-order valence-corrected chi connectivity index (χ2v) is 3.69. The van der Waals surface area contributed by atoms with Gasteiger partial charge in [-0.3, -0.25) is 0 Å². The van der Waals surface area contributed by atoms with Crippen molar-refractivity contribution in [1.82, 2.24) is 0 Å². The minimum Gasteiger partial charge on any atom is -0.326 e. The van der Waals surface area contributed by atoms with E-state index in [1.54, 1.807) is 0 Å². The van der Waals surface area contributed by atoms with E-state index in [1.807, 2.05) is 13.0 Å². The fourth-order valence-electron chi connectivity index (χ4n) is 1.62. The molecular weight excluding hydrogens is 160 g/mol. The third-order valence-corrected chi connectivity index (χ3v) is 2.44. The Morgan fingerprint density at radius 3 is 1.92 bits per heavy atom. The zero-order chi connectivity index (χ0) is 10.0. The number of hydrogen-bond donors (Lipinski definition) is 2. The van der Waals surface area contributed by atoms with Crippen LogP contribution in [0.4, 0.5) is 0 Å². The Hall–Kier alpha value is -0.860. The van der Waals surface area contributed by atoms with Gasteiger partial charge in [0.2, 0.25) is 0 Å². The second-order valence-electron chi connectivity index (χ2n) is 3.69. The quantitative estimate of drug-likeness (QED) is 0.723. The van der Waals surface area contributed by atoms with Crippen molar-refractivity contribution in [2.75, 3.05) is 0 Å². The Morgan fingerprint density at radius 1 is 1.08 bits per heavy atom. The van der Waals surface area contributed by atoms with Crippen molar-refractivity contribution in [2.45, 2.75) is 32.9 Å². The predicted molar refractivity (Wildman–Crippen MR) is 56.5 cm³/mol. The molecule has 2 unspecified atom stereocenters. The molecule has 0 radical (unpaired) electrons. The third kappa shape index (κ3) is 2.08. The molecule has 1 rings (SSSR count). The van der Waals surface area contributed by atoms with Crippen molar-refractivity contribution in [1.29, 1.82) is 0 Å². The average molecular weight is 178 g/mol. The molecule has 2 nitrogen and oxygen atoms in total. The number of rotatable bonds is 2. The molecule has 0 saturated carbocycles. The first-order valence-corrected chi connectivity index (χ1v) is 4.61. The average Bonchev–Trinajstić information content (AvgIpc) is 2.03. The Balaban J connectivity index is 3.12. The molecule has 1 aromatic rings. The Kier molecular flexibility index (Phi) is 3.07. The third-order valence-electron chi connectivity index (χ3n) is 2.44. The summed E-state index contributed by atoms with van der Waals surface area (Å²) >= 11 is 0. The van der Waals surface area contributed by atoms with Crippen LogP contribution in [0.25, 0.3) is 0 Å². The lowest BCUT2D eigenvalue weighted by atomic mass is 9.93. The van der Waals surface area contributed by atoms with Gasteiger partial charge in [-0.15, -0.1) is 0 Å². The second kappa shape index (κ2) is 3.90. The van der Waals surface area contributed by atoms with Crippen molar-refractivity contribution >= 4 is 0 Å². The molecule has 0 fully saturated rings. The monoisotopic (exact) mass is 178 g/mol. The van der Waals surface area contributed by atoms with Crippen molar-refractivity contribution in [3.63, 3.8) is 0 Å². The van der Waals surface area contributed by atoms with Crippen LogP contribution in [0.15, 0.2) is 18.2 Å². The summed E-state index contributed by atoms with van der Waals surface area (Å²) in [6.45, 7) is 6.09. The van der Waals surface area contributed by atoms with Gasteiger partial charge in [0.25, 0.3) is 0 Å². The molecule has 0 aliphatic heterocycles. The fourth-order valence-corrected chi connectivity index (χ4v) is 1.62. The topological polar surface area (TPSA) is 52.0 Å². The predicted octanol–water partition coefficient (Wildman–Crippen LogP) is 1.65. The molecule has 2 atom stereocenters.